The first-order chi connectivity index (χ1) is 16.8. The van der Waals surface area contributed by atoms with Gasteiger partial charge in [-0.1, -0.05) is 0 Å². The van der Waals surface area contributed by atoms with Crippen molar-refractivity contribution in [3.05, 3.63) is 30.2 Å². The zero-order valence-electron chi connectivity index (χ0n) is 21.0. The van der Waals surface area contributed by atoms with E-state index in [1.807, 2.05) is 32.9 Å². The van der Waals surface area contributed by atoms with Gasteiger partial charge in [0.2, 0.25) is 0 Å². The van der Waals surface area contributed by atoms with Crippen molar-refractivity contribution in [3.63, 3.8) is 0 Å². The highest BCUT2D eigenvalue weighted by atomic mass is 16.6. The fourth-order valence-electron chi connectivity index (χ4n) is 4.67. The van der Waals surface area contributed by atoms with Crippen LogP contribution in [0.4, 0.5) is 10.6 Å². The van der Waals surface area contributed by atoms with Crippen molar-refractivity contribution in [2.24, 2.45) is 0 Å². The topological polar surface area (TPSA) is 90.7 Å². The highest BCUT2D eigenvalue weighted by Crippen LogP contribution is 2.40. The van der Waals surface area contributed by atoms with Crippen LogP contribution in [0.1, 0.15) is 76.9 Å². The Balaban J connectivity index is 1.21. The molecule has 2 saturated heterocycles. The Kier molecular flexibility index (Phi) is 6.86. The van der Waals surface area contributed by atoms with Crippen LogP contribution in [0, 0.1) is 0 Å². The summed E-state index contributed by atoms with van der Waals surface area (Å²) in [5, 5.41) is 8.43. The molecule has 3 aliphatic rings. The molecule has 0 bridgehead atoms. The quantitative estimate of drug-likeness (QED) is 0.610. The number of pyridine rings is 1. The van der Waals surface area contributed by atoms with Gasteiger partial charge in [-0.25, -0.2) is 9.78 Å². The number of carbonyl (C=O) groups excluding carboxylic acids is 1. The minimum absolute atomic E-state index is 0.239. The van der Waals surface area contributed by atoms with Crippen molar-refractivity contribution in [1.29, 1.82) is 0 Å². The number of likely N-dealkylation sites (tertiary alicyclic amines) is 1. The van der Waals surface area contributed by atoms with E-state index in [-0.39, 0.29) is 12.1 Å². The molecule has 4 heterocycles. The molecule has 1 amide bonds. The zero-order chi connectivity index (χ0) is 24.4. The lowest BCUT2D eigenvalue weighted by molar-refractivity contribution is 0.0210. The maximum atomic E-state index is 12.3. The number of anilines is 1. The summed E-state index contributed by atoms with van der Waals surface area (Å²) >= 11 is 0. The Bertz CT molecular complexity index is 1010. The van der Waals surface area contributed by atoms with Crippen LogP contribution in [-0.2, 0) is 9.47 Å². The molecule has 0 atom stereocenters. The number of nitrogens with zero attached hydrogens (tertiary/aromatic N) is 4. The first kappa shape index (κ1) is 23.9. The molecular weight excluding hydrogens is 446 g/mol. The van der Waals surface area contributed by atoms with Gasteiger partial charge in [-0.2, -0.15) is 5.10 Å². The van der Waals surface area contributed by atoms with E-state index < -0.39 is 5.60 Å². The zero-order valence-corrected chi connectivity index (χ0v) is 21.0. The number of aromatic nitrogens is 3. The lowest BCUT2D eigenvalue weighted by atomic mass is 9.96. The van der Waals surface area contributed by atoms with Crippen LogP contribution in [0.3, 0.4) is 0 Å². The highest BCUT2D eigenvalue weighted by molar-refractivity contribution is 5.68. The minimum Gasteiger partial charge on any atom is -0.454 e. The molecular formula is C26H37N5O4. The van der Waals surface area contributed by atoms with Crippen molar-refractivity contribution >= 4 is 11.9 Å². The Morgan fingerprint density at radius 3 is 2.54 bits per heavy atom. The summed E-state index contributed by atoms with van der Waals surface area (Å²) in [6, 6.07) is 4.58. The van der Waals surface area contributed by atoms with E-state index >= 15 is 0 Å². The van der Waals surface area contributed by atoms with Gasteiger partial charge in [-0.15, -0.1) is 0 Å². The molecule has 0 unspecified atom stereocenters. The number of piperidine rings is 1. The third kappa shape index (κ3) is 6.25. The van der Waals surface area contributed by atoms with Crippen molar-refractivity contribution in [3.8, 4) is 11.5 Å². The van der Waals surface area contributed by atoms with Crippen LogP contribution >= 0.6 is 0 Å². The predicted molar refractivity (Wildman–Crippen MR) is 132 cm³/mol. The molecule has 9 nitrogen and oxygen atoms in total. The number of carbonyl (C=O) groups is 1. The second-order valence-corrected chi connectivity index (χ2v) is 10.8. The number of rotatable bonds is 6. The standard InChI is InChI=1S/C26H37N5O4/c1-26(2,3)35-25(32)30-12-7-19(8-13-30)28-23-16-21(6-11-27-23)34-22-17-31(20-4-5-20)29-24(22)18-9-14-33-15-10-18/h6,11,16-20H,4-5,7-10,12-15H2,1-3H3,(H,27,28). The highest BCUT2D eigenvalue weighted by Gasteiger charge is 2.30. The summed E-state index contributed by atoms with van der Waals surface area (Å²) in [6.45, 7) is 8.55. The van der Waals surface area contributed by atoms with E-state index in [1.54, 1.807) is 11.1 Å². The van der Waals surface area contributed by atoms with Gasteiger partial charge in [0, 0.05) is 50.5 Å². The largest absolute Gasteiger partial charge is 0.454 e. The van der Waals surface area contributed by atoms with Crippen molar-refractivity contribution in [1.82, 2.24) is 19.7 Å². The number of amides is 1. The number of hydrogen-bond donors (Lipinski definition) is 1. The molecule has 0 spiro atoms. The molecule has 3 fully saturated rings. The number of hydrogen-bond acceptors (Lipinski definition) is 7. The summed E-state index contributed by atoms with van der Waals surface area (Å²) in [7, 11) is 0. The second-order valence-electron chi connectivity index (χ2n) is 10.8. The van der Waals surface area contributed by atoms with Gasteiger partial charge in [0.25, 0.3) is 0 Å². The van der Waals surface area contributed by atoms with E-state index in [4.69, 9.17) is 19.3 Å². The first-order valence-electron chi connectivity index (χ1n) is 12.9. The van der Waals surface area contributed by atoms with Crippen LogP contribution in [0.5, 0.6) is 11.5 Å². The van der Waals surface area contributed by atoms with E-state index in [0.29, 0.717) is 25.0 Å². The number of ether oxygens (including phenoxy) is 3. The van der Waals surface area contributed by atoms with E-state index in [9.17, 15) is 4.79 Å². The van der Waals surface area contributed by atoms with Crippen LogP contribution in [0.15, 0.2) is 24.5 Å². The Morgan fingerprint density at radius 2 is 1.86 bits per heavy atom. The average Bonchev–Trinajstić information content (AvgIpc) is 3.60. The van der Waals surface area contributed by atoms with Gasteiger partial charge in [-0.3, -0.25) is 4.68 Å². The van der Waals surface area contributed by atoms with Gasteiger partial charge >= 0.3 is 6.09 Å². The molecule has 2 aromatic rings. The molecule has 9 heteroatoms. The summed E-state index contributed by atoms with van der Waals surface area (Å²) in [5.41, 5.74) is 0.567. The minimum atomic E-state index is -0.476. The number of nitrogens with one attached hydrogen (secondary N) is 1. The molecule has 1 saturated carbocycles. The lowest BCUT2D eigenvalue weighted by Crippen LogP contribution is -2.44. The van der Waals surface area contributed by atoms with Crippen molar-refractivity contribution in [2.75, 3.05) is 31.6 Å². The molecule has 1 N–H and O–H groups in total. The average molecular weight is 484 g/mol. The Morgan fingerprint density at radius 1 is 1.11 bits per heavy atom. The fraction of sp³-hybridized carbons (Fsp3) is 0.654. The Labute approximate surface area is 207 Å². The van der Waals surface area contributed by atoms with Crippen LogP contribution in [-0.4, -0.2) is 63.7 Å². The normalized spacial score (nSPS) is 20.0. The van der Waals surface area contributed by atoms with Crippen LogP contribution < -0.4 is 10.1 Å². The summed E-state index contributed by atoms with van der Waals surface area (Å²) in [5.74, 6) is 2.73. The van der Waals surface area contributed by atoms with E-state index in [0.717, 1.165) is 61.9 Å². The van der Waals surface area contributed by atoms with Crippen LogP contribution in [0.25, 0.3) is 0 Å². The SMILES string of the molecule is CC(C)(C)OC(=O)N1CCC(Nc2cc(Oc3cn(C4CC4)nc3C3CCOCC3)ccn2)CC1. The predicted octanol–water partition coefficient (Wildman–Crippen LogP) is 5.11. The molecule has 2 aliphatic heterocycles. The van der Waals surface area contributed by atoms with Gasteiger partial charge in [-0.05, 0) is 65.4 Å². The van der Waals surface area contributed by atoms with E-state index in [1.165, 1.54) is 12.8 Å². The molecule has 190 valence electrons. The second kappa shape index (κ2) is 10.0. The molecule has 1 aliphatic carbocycles. The maximum absolute atomic E-state index is 12.3. The smallest absolute Gasteiger partial charge is 0.410 e. The van der Waals surface area contributed by atoms with Gasteiger partial charge in [0.15, 0.2) is 5.75 Å². The van der Waals surface area contributed by atoms with Crippen molar-refractivity contribution in [2.45, 2.75) is 82.9 Å². The molecule has 0 radical (unpaired) electrons. The van der Waals surface area contributed by atoms with Crippen LogP contribution in [0.2, 0.25) is 0 Å². The lowest BCUT2D eigenvalue weighted by Gasteiger charge is -2.33. The first-order valence-corrected chi connectivity index (χ1v) is 12.9. The maximum Gasteiger partial charge on any atom is 0.410 e. The molecule has 2 aromatic heterocycles. The summed E-state index contributed by atoms with van der Waals surface area (Å²) < 4.78 is 19.5. The summed E-state index contributed by atoms with van der Waals surface area (Å²) in [4.78, 5) is 18.6. The van der Waals surface area contributed by atoms with E-state index in [2.05, 4.69) is 21.2 Å². The van der Waals surface area contributed by atoms with Crippen molar-refractivity contribution < 1.29 is 19.0 Å². The van der Waals surface area contributed by atoms with Gasteiger partial charge < -0.3 is 24.4 Å². The molecule has 5 rings (SSSR count). The summed E-state index contributed by atoms with van der Waals surface area (Å²) in [6.07, 6.45) is 9.59. The van der Waals surface area contributed by atoms with Gasteiger partial charge in [0.05, 0.1) is 12.2 Å². The fourth-order valence-corrected chi connectivity index (χ4v) is 4.67. The Hall–Kier alpha value is -2.81. The van der Waals surface area contributed by atoms with Gasteiger partial charge in [0.1, 0.15) is 22.9 Å². The monoisotopic (exact) mass is 483 g/mol. The molecule has 0 aromatic carbocycles. The molecule has 35 heavy (non-hydrogen) atoms. The third-order valence-electron chi connectivity index (χ3n) is 6.71. The third-order valence-corrected chi connectivity index (χ3v) is 6.71.